The minimum Gasteiger partial charge on any atom is -0.497 e. The number of fused-ring (bicyclic) bond motifs is 1. The minimum absolute atomic E-state index is 0.331. The van der Waals surface area contributed by atoms with Crippen LogP contribution in [0.15, 0.2) is 30.7 Å². The van der Waals surface area contributed by atoms with E-state index in [-0.39, 0.29) is 0 Å². The molecule has 3 rings (SSSR count). The number of ketones is 1. The van der Waals surface area contributed by atoms with Crippen molar-refractivity contribution in [3.05, 3.63) is 42.0 Å². The zero-order chi connectivity index (χ0) is 15.0. The van der Waals surface area contributed by atoms with Crippen LogP contribution in [0.25, 0.3) is 0 Å². The van der Waals surface area contributed by atoms with Gasteiger partial charge in [-0.25, -0.2) is 4.98 Å². The summed E-state index contributed by atoms with van der Waals surface area (Å²) in [6, 6.07) is 5.09. The number of anilines is 1. The molecule has 0 radical (unpaired) electrons. The van der Waals surface area contributed by atoms with Gasteiger partial charge in [0.1, 0.15) is 5.75 Å². The average molecular weight is 285 g/mol. The first-order chi connectivity index (χ1) is 10.2. The van der Waals surface area contributed by atoms with Gasteiger partial charge in [0.15, 0.2) is 0 Å². The molecule has 1 amide bonds. The summed E-state index contributed by atoms with van der Waals surface area (Å²) in [4.78, 5) is 29.9. The van der Waals surface area contributed by atoms with Crippen molar-refractivity contribution in [1.29, 1.82) is 0 Å². The summed E-state index contributed by atoms with van der Waals surface area (Å²) in [5, 5.41) is 0. The van der Waals surface area contributed by atoms with Crippen LogP contribution in [0.3, 0.4) is 0 Å². The summed E-state index contributed by atoms with van der Waals surface area (Å²) in [6.07, 6.45) is 3.43. The highest BCUT2D eigenvalue weighted by Crippen LogP contribution is 2.33. The standard InChI is InChI=1S/C15H15N3O3/c1-3-17-9-16-7-10(17)8-18-13-5-4-11(21-2)6-12(13)14(19)15(18)20/h4-7,9H,3,8H2,1-2H3. The summed E-state index contributed by atoms with van der Waals surface area (Å²) in [5.41, 5.74) is 1.90. The van der Waals surface area contributed by atoms with Gasteiger partial charge in [-0.1, -0.05) is 0 Å². The number of carbonyl (C=O) groups excluding carboxylic acids is 2. The Morgan fingerprint density at radius 2 is 2.10 bits per heavy atom. The molecule has 0 unspecified atom stereocenters. The number of carbonyl (C=O) groups is 2. The Hall–Kier alpha value is -2.63. The molecular formula is C15H15N3O3. The number of hydrogen-bond acceptors (Lipinski definition) is 4. The van der Waals surface area contributed by atoms with Crippen LogP contribution in [0.2, 0.25) is 0 Å². The molecule has 2 aromatic rings. The first-order valence-electron chi connectivity index (χ1n) is 6.69. The van der Waals surface area contributed by atoms with Gasteiger partial charge in [0.2, 0.25) is 0 Å². The molecule has 21 heavy (non-hydrogen) atoms. The van der Waals surface area contributed by atoms with Crippen molar-refractivity contribution >= 4 is 17.4 Å². The number of hydrogen-bond donors (Lipinski definition) is 0. The van der Waals surface area contributed by atoms with Crippen molar-refractivity contribution < 1.29 is 14.3 Å². The molecule has 0 saturated carbocycles. The fraction of sp³-hybridized carbons (Fsp3) is 0.267. The van der Waals surface area contributed by atoms with Gasteiger partial charge in [0, 0.05) is 12.7 Å². The number of Topliss-reactive ketones (excluding diaryl/α,β-unsaturated/α-hetero) is 1. The predicted molar refractivity (Wildman–Crippen MR) is 76.4 cm³/mol. The summed E-state index contributed by atoms with van der Waals surface area (Å²) in [5.74, 6) is -0.441. The Balaban J connectivity index is 1.98. The number of ether oxygens (including phenoxy) is 1. The number of benzene rings is 1. The Morgan fingerprint density at radius 1 is 1.29 bits per heavy atom. The lowest BCUT2D eigenvalue weighted by Gasteiger charge is -2.17. The van der Waals surface area contributed by atoms with E-state index < -0.39 is 11.7 Å². The van der Waals surface area contributed by atoms with E-state index in [4.69, 9.17) is 4.74 Å². The molecule has 1 aromatic carbocycles. The van der Waals surface area contributed by atoms with E-state index in [9.17, 15) is 9.59 Å². The van der Waals surface area contributed by atoms with Crippen LogP contribution >= 0.6 is 0 Å². The van der Waals surface area contributed by atoms with Crippen molar-refractivity contribution in [2.75, 3.05) is 12.0 Å². The lowest BCUT2D eigenvalue weighted by molar-refractivity contribution is -0.114. The molecule has 0 atom stereocenters. The van der Waals surface area contributed by atoms with E-state index in [0.29, 0.717) is 23.5 Å². The second kappa shape index (κ2) is 5.05. The molecule has 0 bridgehead atoms. The molecule has 0 saturated heterocycles. The highest BCUT2D eigenvalue weighted by molar-refractivity contribution is 6.52. The number of imidazole rings is 1. The van der Waals surface area contributed by atoms with E-state index in [1.165, 1.54) is 12.0 Å². The molecular weight excluding hydrogens is 270 g/mol. The average Bonchev–Trinajstić information content (AvgIpc) is 3.06. The van der Waals surface area contributed by atoms with Crippen molar-refractivity contribution in [2.24, 2.45) is 0 Å². The van der Waals surface area contributed by atoms with Crippen LogP contribution in [0.5, 0.6) is 5.75 Å². The maximum absolute atomic E-state index is 12.2. The maximum atomic E-state index is 12.2. The molecule has 1 aliphatic heterocycles. The summed E-state index contributed by atoms with van der Waals surface area (Å²) in [7, 11) is 1.53. The molecule has 1 aliphatic rings. The molecule has 108 valence electrons. The third kappa shape index (κ3) is 2.08. The van der Waals surface area contributed by atoms with E-state index >= 15 is 0 Å². The third-order valence-electron chi connectivity index (χ3n) is 3.64. The number of nitrogens with zero attached hydrogens (tertiary/aromatic N) is 3. The molecule has 0 spiro atoms. The molecule has 1 aromatic heterocycles. The van der Waals surface area contributed by atoms with Crippen molar-refractivity contribution in [2.45, 2.75) is 20.0 Å². The van der Waals surface area contributed by atoms with E-state index in [0.717, 1.165) is 12.2 Å². The minimum atomic E-state index is -0.512. The van der Waals surface area contributed by atoms with Gasteiger partial charge in [-0.15, -0.1) is 0 Å². The normalized spacial score (nSPS) is 13.7. The Morgan fingerprint density at radius 3 is 2.81 bits per heavy atom. The van der Waals surface area contributed by atoms with Crippen LogP contribution in [0.1, 0.15) is 23.0 Å². The van der Waals surface area contributed by atoms with Crippen LogP contribution in [0.4, 0.5) is 5.69 Å². The third-order valence-corrected chi connectivity index (χ3v) is 3.64. The summed E-state index contributed by atoms with van der Waals surface area (Å²) < 4.78 is 7.05. The van der Waals surface area contributed by atoms with Crippen LogP contribution in [0, 0.1) is 0 Å². The lowest BCUT2D eigenvalue weighted by atomic mass is 10.1. The topological polar surface area (TPSA) is 64.4 Å². The number of methoxy groups -OCH3 is 1. The smallest absolute Gasteiger partial charge is 0.299 e. The van der Waals surface area contributed by atoms with E-state index in [2.05, 4.69) is 4.98 Å². The number of aromatic nitrogens is 2. The van der Waals surface area contributed by atoms with Crippen LogP contribution in [-0.2, 0) is 17.9 Å². The van der Waals surface area contributed by atoms with Gasteiger partial charge in [-0.05, 0) is 25.1 Å². The van der Waals surface area contributed by atoms with Crippen molar-refractivity contribution in [1.82, 2.24) is 9.55 Å². The van der Waals surface area contributed by atoms with Gasteiger partial charge in [0.25, 0.3) is 11.7 Å². The first kappa shape index (κ1) is 13.4. The molecule has 6 heteroatoms. The fourth-order valence-corrected chi connectivity index (χ4v) is 2.49. The molecule has 6 nitrogen and oxygen atoms in total. The Labute approximate surface area is 122 Å². The number of amides is 1. The lowest BCUT2D eigenvalue weighted by Crippen LogP contribution is -2.30. The highest BCUT2D eigenvalue weighted by Gasteiger charge is 2.36. The van der Waals surface area contributed by atoms with Crippen molar-refractivity contribution in [3.63, 3.8) is 0 Å². The first-order valence-corrected chi connectivity index (χ1v) is 6.69. The molecule has 0 N–H and O–H groups in total. The van der Waals surface area contributed by atoms with Gasteiger partial charge in [0.05, 0.1) is 36.9 Å². The molecule has 2 heterocycles. The van der Waals surface area contributed by atoms with E-state index in [1.807, 2.05) is 11.5 Å². The predicted octanol–water partition coefficient (Wildman–Crippen LogP) is 1.64. The molecule has 0 fully saturated rings. The van der Waals surface area contributed by atoms with Gasteiger partial charge in [-0.2, -0.15) is 0 Å². The SMILES string of the molecule is CCn1cncc1CN1C(=O)C(=O)c2cc(OC)ccc21. The number of aryl methyl sites for hydroxylation is 1. The second-order valence-corrected chi connectivity index (χ2v) is 4.77. The Bertz CT molecular complexity index is 721. The van der Waals surface area contributed by atoms with Crippen molar-refractivity contribution in [3.8, 4) is 5.75 Å². The van der Waals surface area contributed by atoms with Gasteiger partial charge >= 0.3 is 0 Å². The summed E-state index contributed by atoms with van der Waals surface area (Å²) in [6.45, 7) is 3.10. The molecule has 0 aliphatic carbocycles. The maximum Gasteiger partial charge on any atom is 0.299 e. The van der Waals surface area contributed by atoms with Gasteiger partial charge < -0.3 is 9.30 Å². The highest BCUT2D eigenvalue weighted by atomic mass is 16.5. The summed E-state index contributed by atoms with van der Waals surface area (Å²) >= 11 is 0. The Kier molecular flexibility index (Phi) is 3.21. The quantitative estimate of drug-likeness (QED) is 0.801. The number of rotatable bonds is 4. The largest absolute Gasteiger partial charge is 0.497 e. The van der Waals surface area contributed by atoms with Gasteiger partial charge in [-0.3, -0.25) is 14.5 Å². The van der Waals surface area contributed by atoms with E-state index in [1.54, 1.807) is 30.7 Å². The zero-order valence-corrected chi connectivity index (χ0v) is 11.9. The monoisotopic (exact) mass is 285 g/mol. The van der Waals surface area contributed by atoms with Crippen LogP contribution < -0.4 is 9.64 Å². The fourth-order valence-electron chi connectivity index (χ4n) is 2.49. The van der Waals surface area contributed by atoms with Crippen LogP contribution in [-0.4, -0.2) is 28.4 Å². The second-order valence-electron chi connectivity index (χ2n) is 4.77. The zero-order valence-electron chi connectivity index (χ0n) is 11.9.